The number of benzene rings is 2. The lowest BCUT2D eigenvalue weighted by atomic mass is 10.2. The van der Waals surface area contributed by atoms with Gasteiger partial charge in [-0.05, 0) is 48.5 Å². The summed E-state index contributed by atoms with van der Waals surface area (Å²) in [6, 6.07) is 15.4. The summed E-state index contributed by atoms with van der Waals surface area (Å²) in [5, 5.41) is 16.3. The van der Waals surface area contributed by atoms with E-state index in [4.69, 9.17) is 0 Å². The first-order chi connectivity index (χ1) is 10.2. The molecule has 3 aromatic rings. The highest BCUT2D eigenvalue weighted by atomic mass is 16.3. The molecule has 3 rings (SSSR count). The number of phenols is 1. The zero-order valence-corrected chi connectivity index (χ0v) is 11.1. The van der Waals surface area contributed by atoms with Gasteiger partial charge >= 0.3 is 0 Å². The predicted octanol–water partition coefficient (Wildman–Crippen LogP) is 2.83. The van der Waals surface area contributed by atoms with E-state index in [1.165, 1.54) is 12.1 Å². The van der Waals surface area contributed by atoms with Gasteiger partial charge in [0.1, 0.15) is 5.75 Å². The highest BCUT2D eigenvalue weighted by Crippen LogP contribution is 2.15. The van der Waals surface area contributed by atoms with Crippen molar-refractivity contribution < 1.29 is 9.90 Å². The Bertz CT molecular complexity index is 749. The number of anilines is 1. The van der Waals surface area contributed by atoms with Crippen molar-refractivity contribution >= 4 is 11.6 Å². The van der Waals surface area contributed by atoms with Gasteiger partial charge in [-0.2, -0.15) is 5.10 Å². The largest absolute Gasteiger partial charge is 0.508 e. The van der Waals surface area contributed by atoms with Gasteiger partial charge in [-0.3, -0.25) is 4.79 Å². The molecule has 1 amide bonds. The molecule has 2 aromatic carbocycles. The number of nitrogens with one attached hydrogen (secondary N) is 1. The number of phenolic OH excluding ortho intramolecular Hbond substituents is 1. The van der Waals surface area contributed by atoms with E-state index >= 15 is 0 Å². The number of hydrogen-bond donors (Lipinski definition) is 2. The molecule has 0 unspecified atom stereocenters. The highest BCUT2D eigenvalue weighted by Gasteiger charge is 2.06. The number of aromatic nitrogens is 2. The van der Waals surface area contributed by atoms with Crippen molar-refractivity contribution in [2.75, 3.05) is 5.32 Å². The molecule has 0 saturated heterocycles. The highest BCUT2D eigenvalue weighted by molar-refractivity contribution is 6.04. The molecule has 2 N–H and O–H groups in total. The second-order valence-corrected chi connectivity index (χ2v) is 4.50. The Hall–Kier alpha value is -3.08. The SMILES string of the molecule is O=C(Nc1ccc(-n2cccn2)cc1)c1cccc(O)c1. The van der Waals surface area contributed by atoms with Gasteiger partial charge in [0.15, 0.2) is 0 Å². The third kappa shape index (κ3) is 2.92. The number of aromatic hydroxyl groups is 1. The fourth-order valence-electron chi connectivity index (χ4n) is 1.97. The number of nitrogens with zero attached hydrogens (tertiary/aromatic N) is 2. The van der Waals surface area contributed by atoms with E-state index in [2.05, 4.69) is 10.4 Å². The number of carbonyl (C=O) groups excluding carboxylic acids is 1. The van der Waals surface area contributed by atoms with Crippen molar-refractivity contribution in [3.63, 3.8) is 0 Å². The first-order valence-corrected chi connectivity index (χ1v) is 6.43. The van der Waals surface area contributed by atoms with E-state index in [9.17, 15) is 9.90 Å². The summed E-state index contributed by atoms with van der Waals surface area (Å²) < 4.78 is 1.74. The molecule has 21 heavy (non-hydrogen) atoms. The van der Waals surface area contributed by atoms with Crippen LogP contribution in [0.25, 0.3) is 5.69 Å². The number of hydrogen-bond acceptors (Lipinski definition) is 3. The van der Waals surface area contributed by atoms with Gasteiger partial charge in [0, 0.05) is 23.6 Å². The van der Waals surface area contributed by atoms with E-state index in [1.807, 2.05) is 24.4 Å². The Morgan fingerprint density at radius 3 is 2.57 bits per heavy atom. The van der Waals surface area contributed by atoms with Gasteiger partial charge < -0.3 is 10.4 Å². The van der Waals surface area contributed by atoms with Crippen LogP contribution in [0.15, 0.2) is 67.0 Å². The monoisotopic (exact) mass is 279 g/mol. The number of rotatable bonds is 3. The summed E-state index contributed by atoms with van der Waals surface area (Å²) in [5.74, 6) is -0.200. The average Bonchev–Trinajstić information content (AvgIpc) is 3.02. The molecule has 1 heterocycles. The van der Waals surface area contributed by atoms with Gasteiger partial charge in [-0.15, -0.1) is 0 Å². The van der Waals surface area contributed by atoms with Crippen molar-refractivity contribution in [2.24, 2.45) is 0 Å². The zero-order valence-electron chi connectivity index (χ0n) is 11.1. The quantitative estimate of drug-likeness (QED) is 0.774. The molecule has 0 aliphatic heterocycles. The van der Waals surface area contributed by atoms with Crippen LogP contribution >= 0.6 is 0 Å². The van der Waals surface area contributed by atoms with Crippen LogP contribution < -0.4 is 5.32 Å². The Morgan fingerprint density at radius 2 is 1.90 bits per heavy atom. The molecule has 0 spiro atoms. The van der Waals surface area contributed by atoms with Crippen molar-refractivity contribution in [1.29, 1.82) is 0 Å². The molecule has 0 fully saturated rings. The van der Waals surface area contributed by atoms with Crippen LogP contribution in [0.2, 0.25) is 0 Å². The maximum absolute atomic E-state index is 12.0. The second kappa shape index (κ2) is 5.50. The van der Waals surface area contributed by atoms with Crippen molar-refractivity contribution in [1.82, 2.24) is 9.78 Å². The molecule has 0 radical (unpaired) electrons. The molecule has 1 aromatic heterocycles. The predicted molar refractivity (Wildman–Crippen MR) is 79.6 cm³/mol. The summed E-state index contributed by atoms with van der Waals surface area (Å²) >= 11 is 0. The summed E-state index contributed by atoms with van der Waals surface area (Å²) in [4.78, 5) is 12.0. The molecular formula is C16H13N3O2. The zero-order chi connectivity index (χ0) is 14.7. The fourth-order valence-corrected chi connectivity index (χ4v) is 1.97. The fraction of sp³-hybridized carbons (Fsp3) is 0. The molecule has 0 aliphatic carbocycles. The minimum Gasteiger partial charge on any atom is -0.508 e. The molecule has 5 heteroatoms. The Labute approximate surface area is 121 Å². The first kappa shape index (κ1) is 12.9. The number of carbonyl (C=O) groups is 1. The minimum atomic E-state index is -0.266. The molecule has 0 atom stereocenters. The van der Waals surface area contributed by atoms with Crippen LogP contribution in [0.5, 0.6) is 5.75 Å². The van der Waals surface area contributed by atoms with Gasteiger partial charge in [0.2, 0.25) is 0 Å². The third-order valence-corrected chi connectivity index (χ3v) is 3.00. The van der Waals surface area contributed by atoms with Crippen LogP contribution in [0.3, 0.4) is 0 Å². The van der Waals surface area contributed by atoms with Gasteiger partial charge in [-0.25, -0.2) is 4.68 Å². The lowest BCUT2D eigenvalue weighted by Gasteiger charge is -2.07. The van der Waals surface area contributed by atoms with Crippen molar-refractivity contribution in [3.8, 4) is 11.4 Å². The normalized spacial score (nSPS) is 10.3. The van der Waals surface area contributed by atoms with Crippen LogP contribution in [-0.4, -0.2) is 20.8 Å². The summed E-state index contributed by atoms with van der Waals surface area (Å²) in [7, 11) is 0. The Kier molecular flexibility index (Phi) is 3.39. The maximum Gasteiger partial charge on any atom is 0.255 e. The lowest BCUT2D eigenvalue weighted by Crippen LogP contribution is -2.11. The van der Waals surface area contributed by atoms with Crippen molar-refractivity contribution in [3.05, 3.63) is 72.6 Å². The van der Waals surface area contributed by atoms with E-state index in [1.54, 1.807) is 35.1 Å². The summed E-state index contributed by atoms with van der Waals surface area (Å²) in [5.41, 5.74) is 2.00. The van der Waals surface area contributed by atoms with E-state index in [0.29, 0.717) is 11.3 Å². The van der Waals surface area contributed by atoms with Crippen LogP contribution in [0.4, 0.5) is 5.69 Å². The second-order valence-electron chi connectivity index (χ2n) is 4.50. The molecule has 104 valence electrons. The van der Waals surface area contributed by atoms with Crippen LogP contribution in [0.1, 0.15) is 10.4 Å². The minimum absolute atomic E-state index is 0.0664. The first-order valence-electron chi connectivity index (χ1n) is 6.43. The molecule has 0 aliphatic rings. The average molecular weight is 279 g/mol. The van der Waals surface area contributed by atoms with Crippen LogP contribution in [-0.2, 0) is 0 Å². The molecular weight excluding hydrogens is 266 g/mol. The van der Waals surface area contributed by atoms with E-state index in [0.717, 1.165) is 5.69 Å². The lowest BCUT2D eigenvalue weighted by molar-refractivity contribution is 0.102. The van der Waals surface area contributed by atoms with Gasteiger partial charge in [-0.1, -0.05) is 6.07 Å². The summed E-state index contributed by atoms with van der Waals surface area (Å²) in [6.07, 6.45) is 3.55. The molecule has 0 bridgehead atoms. The van der Waals surface area contributed by atoms with Crippen molar-refractivity contribution in [2.45, 2.75) is 0 Å². The third-order valence-electron chi connectivity index (χ3n) is 3.00. The maximum atomic E-state index is 12.0. The standard InChI is InChI=1S/C16H13N3O2/c20-15-4-1-3-12(11-15)16(21)18-13-5-7-14(8-6-13)19-10-2-9-17-19/h1-11,20H,(H,18,21). The van der Waals surface area contributed by atoms with Crippen LogP contribution in [0, 0.1) is 0 Å². The Morgan fingerprint density at radius 1 is 1.10 bits per heavy atom. The number of amides is 1. The topological polar surface area (TPSA) is 67.2 Å². The Balaban J connectivity index is 1.75. The van der Waals surface area contributed by atoms with E-state index < -0.39 is 0 Å². The van der Waals surface area contributed by atoms with E-state index in [-0.39, 0.29) is 11.7 Å². The smallest absolute Gasteiger partial charge is 0.255 e. The molecule has 0 saturated carbocycles. The molecule has 5 nitrogen and oxygen atoms in total. The van der Waals surface area contributed by atoms with Gasteiger partial charge in [0.05, 0.1) is 5.69 Å². The van der Waals surface area contributed by atoms with Gasteiger partial charge in [0.25, 0.3) is 5.91 Å². The summed E-state index contributed by atoms with van der Waals surface area (Å²) in [6.45, 7) is 0.